The van der Waals surface area contributed by atoms with Crippen LogP contribution in [0.25, 0.3) is 0 Å². The van der Waals surface area contributed by atoms with Crippen molar-refractivity contribution in [1.82, 2.24) is 10.2 Å². The van der Waals surface area contributed by atoms with Crippen LogP contribution in [0, 0.1) is 11.8 Å². The molecule has 0 amide bonds. The van der Waals surface area contributed by atoms with Gasteiger partial charge in [-0.3, -0.25) is 10.2 Å². The molecule has 3 nitrogen and oxygen atoms in total. The third kappa shape index (κ3) is 3.27. The number of hydrogen-bond acceptors (Lipinski definition) is 3. The molecule has 0 aromatic heterocycles. The number of nitrogens with one attached hydrogen (secondary N) is 1. The molecule has 2 fully saturated rings. The molecular weight excluding hydrogens is 272 g/mol. The third-order valence-corrected chi connectivity index (χ3v) is 5.08. The summed E-state index contributed by atoms with van der Waals surface area (Å²) >= 11 is 0. The van der Waals surface area contributed by atoms with Gasteiger partial charge in [-0.15, -0.1) is 0 Å². The molecule has 4 atom stereocenters. The lowest BCUT2D eigenvalue weighted by Gasteiger charge is -2.22. The van der Waals surface area contributed by atoms with E-state index in [1.807, 2.05) is 0 Å². The molecule has 22 heavy (non-hydrogen) atoms. The molecule has 2 N–H and O–H groups in total. The molecule has 3 rings (SSSR count). The van der Waals surface area contributed by atoms with E-state index in [1.165, 1.54) is 11.1 Å². The van der Waals surface area contributed by atoms with Crippen molar-refractivity contribution in [2.75, 3.05) is 13.1 Å². The second-order valence-electron chi connectivity index (χ2n) is 7.84. The summed E-state index contributed by atoms with van der Waals surface area (Å²) in [6.45, 7) is 13.7. The van der Waals surface area contributed by atoms with Crippen molar-refractivity contribution in [1.29, 1.82) is 0 Å². The lowest BCUT2D eigenvalue weighted by atomic mass is 9.87. The van der Waals surface area contributed by atoms with Crippen LogP contribution in [0.2, 0.25) is 0 Å². The number of nitrogens with zero attached hydrogens (tertiary/aromatic N) is 1. The van der Waals surface area contributed by atoms with E-state index in [0.717, 1.165) is 19.6 Å². The standard InChI is InChI=1S/C19H28N2O/c1-5-17(22)20-18-15-11-21(12-16(15)18)10-13-6-8-14(9-7-13)19(2,3)4/h5-9,15-18,20,22H,1,10-12H2,2-4H3/t15-,16+,17?,18+. The fraction of sp³-hybridized carbons (Fsp3) is 0.579. The first-order valence-corrected chi connectivity index (χ1v) is 8.27. The molecule has 1 aliphatic carbocycles. The Hall–Kier alpha value is -1.16. The predicted octanol–water partition coefficient (Wildman–Crippen LogP) is 2.51. The highest BCUT2D eigenvalue weighted by molar-refractivity contribution is 5.27. The number of hydrogen-bond donors (Lipinski definition) is 2. The van der Waals surface area contributed by atoms with Gasteiger partial charge in [-0.25, -0.2) is 0 Å². The highest BCUT2D eigenvalue weighted by Gasteiger charge is 2.55. The lowest BCUT2D eigenvalue weighted by Crippen LogP contribution is -2.35. The Morgan fingerprint density at radius 1 is 1.27 bits per heavy atom. The van der Waals surface area contributed by atoms with Crippen LogP contribution >= 0.6 is 0 Å². The average molecular weight is 300 g/mol. The highest BCUT2D eigenvalue weighted by atomic mass is 16.3. The molecule has 1 saturated heterocycles. The molecule has 1 heterocycles. The Kier molecular flexibility index (Phi) is 4.15. The van der Waals surface area contributed by atoms with Gasteiger partial charge in [0.05, 0.1) is 0 Å². The minimum atomic E-state index is -0.561. The van der Waals surface area contributed by atoms with Gasteiger partial charge in [-0.2, -0.15) is 0 Å². The molecular formula is C19H28N2O. The number of benzene rings is 1. The van der Waals surface area contributed by atoms with Gasteiger partial charge >= 0.3 is 0 Å². The van der Waals surface area contributed by atoms with Crippen LogP contribution < -0.4 is 5.32 Å². The summed E-state index contributed by atoms with van der Waals surface area (Å²) < 4.78 is 0. The molecule has 1 unspecified atom stereocenters. The van der Waals surface area contributed by atoms with E-state index < -0.39 is 6.23 Å². The maximum absolute atomic E-state index is 9.57. The van der Waals surface area contributed by atoms with Crippen LogP contribution in [0.1, 0.15) is 31.9 Å². The predicted molar refractivity (Wildman–Crippen MR) is 90.5 cm³/mol. The molecule has 2 aliphatic rings. The van der Waals surface area contributed by atoms with Crippen LogP contribution in [0.4, 0.5) is 0 Å². The van der Waals surface area contributed by atoms with Gasteiger partial charge in [0, 0.05) is 25.7 Å². The van der Waals surface area contributed by atoms with Crippen molar-refractivity contribution in [2.45, 2.75) is 45.0 Å². The van der Waals surface area contributed by atoms with Gasteiger partial charge in [-0.05, 0) is 34.5 Å². The van der Waals surface area contributed by atoms with Crippen molar-refractivity contribution in [3.05, 3.63) is 48.0 Å². The number of fused-ring (bicyclic) bond motifs is 1. The smallest absolute Gasteiger partial charge is 0.124 e. The largest absolute Gasteiger partial charge is 0.375 e. The van der Waals surface area contributed by atoms with Crippen LogP contribution in [0.15, 0.2) is 36.9 Å². The SMILES string of the molecule is C=CC(O)N[C@H]1[C@@H]2CN(Cc3ccc(C(C)(C)C)cc3)C[C@@H]21. The van der Waals surface area contributed by atoms with Gasteiger partial charge in [-0.1, -0.05) is 51.6 Å². The molecule has 120 valence electrons. The monoisotopic (exact) mass is 300 g/mol. The maximum Gasteiger partial charge on any atom is 0.124 e. The van der Waals surface area contributed by atoms with Crippen molar-refractivity contribution < 1.29 is 5.11 Å². The lowest BCUT2D eigenvalue weighted by molar-refractivity contribution is 0.170. The van der Waals surface area contributed by atoms with Crippen molar-refractivity contribution in [3.8, 4) is 0 Å². The second kappa shape index (κ2) is 5.80. The summed E-state index contributed by atoms with van der Waals surface area (Å²) in [5.41, 5.74) is 3.01. The molecule has 1 aromatic rings. The van der Waals surface area contributed by atoms with Gasteiger partial charge in [0.1, 0.15) is 6.23 Å². The van der Waals surface area contributed by atoms with E-state index in [9.17, 15) is 5.11 Å². The van der Waals surface area contributed by atoms with Crippen LogP contribution in [0.3, 0.4) is 0 Å². The maximum atomic E-state index is 9.57. The van der Waals surface area contributed by atoms with Gasteiger partial charge in [0.2, 0.25) is 0 Å². The average Bonchev–Trinajstić information content (AvgIpc) is 2.92. The number of aliphatic hydroxyl groups is 1. The van der Waals surface area contributed by atoms with Crippen LogP contribution in [0.5, 0.6) is 0 Å². The minimum absolute atomic E-state index is 0.221. The molecule has 0 bridgehead atoms. The second-order valence-corrected chi connectivity index (χ2v) is 7.84. The summed E-state index contributed by atoms with van der Waals surface area (Å²) in [6, 6.07) is 9.53. The van der Waals surface area contributed by atoms with E-state index in [1.54, 1.807) is 6.08 Å². The zero-order valence-corrected chi connectivity index (χ0v) is 13.9. The minimum Gasteiger partial charge on any atom is -0.375 e. The van der Waals surface area contributed by atoms with Gasteiger partial charge < -0.3 is 5.11 Å². The third-order valence-electron chi connectivity index (χ3n) is 5.08. The summed E-state index contributed by atoms with van der Waals surface area (Å²) in [5.74, 6) is 1.40. The summed E-state index contributed by atoms with van der Waals surface area (Å²) in [5, 5.41) is 12.8. The number of rotatable bonds is 5. The molecule has 0 radical (unpaired) electrons. The fourth-order valence-corrected chi connectivity index (χ4v) is 3.62. The zero-order valence-electron chi connectivity index (χ0n) is 13.9. The van der Waals surface area contributed by atoms with E-state index in [-0.39, 0.29) is 5.41 Å². The molecule has 1 aromatic carbocycles. The summed E-state index contributed by atoms with van der Waals surface area (Å²) in [7, 11) is 0. The zero-order chi connectivity index (χ0) is 15.9. The number of piperidine rings is 1. The first-order valence-electron chi connectivity index (χ1n) is 8.27. The van der Waals surface area contributed by atoms with Crippen LogP contribution in [-0.2, 0) is 12.0 Å². The summed E-state index contributed by atoms with van der Waals surface area (Å²) in [4.78, 5) is 2.53. The topological polar surface area (TPSA) is 35.5 Å². The van der Waals surface area contributed by atoms with Crippen molar-refractivity contribution >= 4 is 0 Å². The molecule has 1 saturated carbocycles. The first-order chi connectivity index (χ1) is 10.4. The first kappa shape index (κ1) is 15.7. The number of likely N-dealkylation sites (tertiary alicyclic amines) is 1. The Labute approximate surface area is 134 Å². The normalized spacial score (nSPS) is 29.2. The molecule has 0 spiro atoms. The Bertz CT molecular complexity index is 519. The summed E-state index contributed by atoms with van der Waals surface area (Å²) in [6.07, 6.45) is 0.997. The van der Waals surface area contributed by atoms with E-state index in [2.05, 4.69) is 61.8 Å². The quantitative estimate of drug-likeness (QED) is 0.648. The van der Waals surface area contributed by atoms with Crippen LogP contribution in [-0.4, -0.2) is 35.4 Å². The van der Waals surface area contributed by atoms with Crippen molar-refractivity contribution in [2.24, 2.45) is 11.8 Å². The van der Waals surface area contributed by atoms with E-state index in [4.69, 9.17) is 0 Å². The fourth-order valence-electron chi connectivity index (χ4n) is 3.62. The van der Waals surface area contributed by atoms with Gasteiger partial charge in [0.25, 0.3) is 0 Å². The van der Waals surface area contributed by atoms with E-state index >= 15 is 0 Å². The Balaban J connectivity index is 1.50. The Morgan fingerprint density at radius 3 is 2.36 bits per heavy atom. The number of aliphatic hydroxyl groups excluding tert-OH is 1. The Morgan fingerprint density at radius 2 is 1.86 bits per heavy atom. The van der Waals surface area contributed by atoms with E-state index in [0.29, 0.717) is 17.9 Å². The highest BCUT2D eigenvalue weighted by Crippen LogP contribution is 2.46. The van der Waals surface area contributed by atoms with Gasteiger partial charge in [0.15, 0.2) is 0 Å². The molecule has 3 heteroatoms. The van der Waals surface area contributed by atoms with Crippen molar-refractivity contribution in [3.63, 3.8) is 0 Å². The molecule has 1 aliphatic heterocycles.